The Balaban J connectivity index is 0.00000176. The van der Waals surface area contributed by atoms with Crippen molar-refractivity contribution in [3.05, 3.63) is 34.1 Å². The fraction of sp³-hybridized carbons (Fsp3) is 0.571. The summed E-state index contributed by atoms with van der Waals surface area (Å²) in [6.07, 6.45) is 3.63. The maximum Gasteiger partial charge on any atom is 0.209 e. The van der Waals surface area contributed by atoms with Gasteiger partial charge in [-0.1, -0.05) is 12.1 Å². The van der Waals surface area contributed by atoms with Crippen LogP contribution in [0, 0.1) is 11.7 Å². The van der Waals surface area contributed by atoms with Gasteiger partial charge in [0.2, 0.25) is 10.0 Å². The third-order valence-corrected chi connectivity index (χ3v) is 5.70. The average Bonchev–Trinajstić information content (AvgIpc) is 2.33. The molecule has 1 aliphatic carbocycles. The summed E-state index contributed by atoms with van der Waals surface area (Å²) >= 11 is 3.19. The predicted molar refractivity (Wildman–Crippen MR) is 90.3 cm³/mol. The second-order valence-electron chi connectivity index (χ2n) is 6.03. The molecule has 4 rings (SSSR count). The molecule has 2 heterocycles. The van der Waals surface area contributed by atoms with Crippen LogP contribution in [-0.2, 0) is 16.4 Å². The highest BCUT2D eigenvalue weighted by Gasteiger charge is 2.46. The Labute approximate surface area is 144 Å². The fourth-order valence-corrected chi connectivity index (χ4v) is 4.64. The molecule has 1 aromatic rings. The lowest BCUT2D eigenvalue weighted by Gasteiger charge is -2.52. The first-order valence-corrected chi connectivity index (χ1v) is 9.68. The molecule has 2 N–H and O–H groups in total. The molecule has 2 aliphatic heterocycles. The molecule has 0 amide bonds. The van der Waals surface area contributed by atoms with Gasteiger partial charge < -0.3 is 5.32 Å². The van der Waals surface area contributed by atoms with Gasteiger partial charge in [-0.05, 0) is 52.7 Å². The van der Waals surface area contributed by atoms with Crippen molar-refractivity contribution in [1.29, 1.82) is 0 Å². The van der Waals surface area contributed by atoms with Crippen molar-refractivity contribution in [3.8, 4) is 0 Å². The SMILES string of the molecule is CS(=O)(=O)N[C@H]1C2CC(C2)N[C@H]1Cc1cccc(Br)c1F.Cl. The standard InChI is InChI=1S/C14H18BrFN2O2S.ClH/c1-21(19,20)18-14-9-5-10(6-9)17-12(14)7-8-3-2-4-11(15)13(8)16;/h2-4,9-10,12,14,17-18H,5-7H2,1H3;1H/t9?,10?,12-,14-;/m0./s1. The van der Waals surface area contributed by atoms with Gasteiger partial charge in [0.05, 0.1) is 10.7 Å². The highest BCUT2D eigenvalue weighted by atomic mass is 79.9. The molecule has 8 heteroatoms. The van der Waals surface area contributed by atoms with E-state index in [0.29, 0.717) is 28.4 Å². The van der Waals surface area contributed by atoms with E-state index in [1.54, 1.807) is 18.2 Å². The minimum atomic E-state index is -3.27. The molecule has 22 heavy (non-hydrogen) atoms. The summed E-state index contributed by atoms with van der Waals surface area (Å²) in [5.41, 5.74) is 0.600. The second-order valence-corrected chi connectivity index (χ2v) is 8.67. The fourth-order valence-electron chi connectivity index (χ4n) is 3.38. The van der Waals surface area contributed by atoms with Crippen molar-refractivity contribution >= 4 is 38.4 Å². The number of fused-ring (bicyclic) bond motifs is 2. The molecule has 3 fully saturated rings. The van der Waals surface area contributed by atoms with Gasteiger partial charge in [-0.25, -0.2) is 17.5 Å². The minimum absolute atomic E-state index is 0. The van der Waals surface area contributed by atoms with Crippen LogP contribution in [0.3, 0.4) is 0 Å². The molecular weight excluding hydrogens is 395 g/mol. The van der Waals surface area contributed by atoms with E-state index in [1.807, 2.05) is 0 Å². The van der Waals surface area contributed by atoms with Crippen LogP contribution in [0.15, 0.2) is 22.7 Å². The van der Waals surface area contributed by atoms with Crippen molar-refractivity contribution in [2.45, 2.75) is 37.4 Å². The maximum absolute atomic E-state index is 14.1. The van der Waals surface area contributed by atoms with Crippen LogP contribution >= 0.6 is 28.3 Å². The Morgan fingerprint density at radius 1 is 1.41 bits per heavy atom. The van der Waals surface area contributed by atoms with Gasteiger partial charge in [0.15, 0.2) is 0 Å². The molecule has 2 bridgehead atoms. The largest absolute Gasteiger partial charge is 0.309 e. The Morgan fingerprint density at radius 3 is 2.73 bits per heavy atom. The van der Waals surface area contributed by atoms with E-state index in [1.165, 1.54) is 6.26 Å². The van der Waals surface area contributed by atoms with E-state index in [2.05, 4.69) is 26.0 Å². The zero-order chi connectivity index (χ0) is 15.2. The topological polar surface area (TPSA) is 58.2 Å². The van der Waals surface area contributed by atoms with Crippen LogP contribution in [0.25, 0.3) is 0 Å². The van der Waals surface area contributed by atoms with Crippen molar-refractivity contribution in [3.63, 3.8) is 0 Å². The van der Waals surface area contributed by atoms with Crippen LogP contribution in [0.1, 0.15) is 18.4 Å². The number of benzene rings is 1. The van der Waals surface area contributed by atoms with E-state index in [9.17, 15) is 12.8 Å². The number of sulfonamides is 1. The first kappa shape index (κ1) is 18.1. The number of hydrogen-bond donors (Lipinski definition) is 2. The monoisotopic (exact) mass is 412 g/mol. The number of halogens is 3. The molecule has 0 aromatic heterocycles. The molecule has 124 valence electrons. The Bertz CT molecular complexity index is 652. The molecule has 1 aromatic carbocycles. The van der Waals surface area contributed by atoms with Gasteiger partial charge in [-0.3, -0.25) is 0 Å². The molecule has 1 saturated carbocycles. The lowest BCUT2D eigenvalue weighted by molar-refractivity contribution is 0.0809. The maximum atomic E-state index is 14.1. The summed E-state index contributed by atoms with van der Waals surface area (Å²) < 4.78 is 40.4. The van der Waals surface area contributed by atoms with Gasteiger partial charge in [0.1, 0.15) is 5.82 Å². The number of piperidine rings is 2. The van der Waals surface area contributed by atoms with Crippen molar-refractivity contribution < 1.29 is 12.8 Å². The van der Waals surface area contributed by atoms with Gasteiger partial charge in [-0.2, -0.15) is 0 Å². The average molecular weight is 414 g/mol. The zero-order valence-corrected chi connectivity index (χ0v) is 15.3. The van der Waals surface area contributed by atoms with Crippen molar-refractivity contribution in [2.75, 3.05) is 6.26 Å². The van der Waals surface area contributed by atoms with Gasteiger partial charge in [0, 0.05) is 18.1 Å². The summed E-state index contributed by atoms with van der Waals surface area (Å²) in [6.45, 7) is 0. The summed E-state index contributed by atoms with van der Waals surface area (Å²) in [5, 5.41) is 3.44. The molecule has 0 spiro atoms. The Kier molecular flexibility index (Phi) is 5.54. The molecule has 0 unspecified atom stereocenters. The molecule has 4 nitrogen and oxygen atoms in total. The van der Waals surface area contributed by atoms with Gasteiger partial charge in [-0.15, -0.1) is 12.4 Å². The van der Waals surface area contributed by atoms with Crippen LogP contribution in [0.2, 0.25) is 0 Å². The molecule has 0 radical (unpaired) electrons. The predicted octanol–water partition coefficient (Wildman–Crippen LogP) is 2.22. The molecular formula is C14H19BrClFN2O2S. The first-order chi connectivity index (χ1) is 9.83. The van der Waals surface area contributed by atoms with Crippen LogP contribution < -0.4 is 10.0 Å². The number of nitrogens with one attached hydrogen (secondary N) is 2. The molecule has 3 aliphatic rings. The normalized spacial score (nSPS) is 30.3. The van der Waals surface area contributed by atoms with E-state index in [4.69, 9.17) is 0 Å². The van der Waals surface area contributed by atoms with E-state index < -0.39 is 10.0 Å². The van der Waals surface area contributed by atoms with Crippen molar-refractivity contribution in [2.24, 2.45) is 5.92 Å². The lowest BCUT2D eigenvalue weighted by Crippen LogP contribution is -2.67. The first-order valence-electron chi connectivity index (χ1n) is 7.00. The highest BCUT2D eigenvalue weighted by Crippen LogP contribution is 2.38. The van der Waals surface area contributed by atoms with Gasteiger partial charge >= 0.3 is 0 Å². The summed E-state index contributed by atoms with van der Waals surface area (Å²) in [7, 11) is -3.27. The molecule has 2 atom stereocenters. The van der Waals surface area contributed by atoms with Crippen LogP contribution in [0.4, 0.5) is 4.39 Å². The second kappa shape index (κ2) is 6.73. The third kappa shape index (κ3) is 3.82. The summed E-state index contributed by atoms with van der Waals surface area (Å²) in [5.74, 6) is 0.0860. The smallest absolute Gasteiger partial charge is 0.209 e. The van der Waals surface area contributed by atoms with E-state index in [-0.39, 0.29) is 30.3 Å². The van der Waals surface area contributed by atoms with Gasteiger partial charge in [0.25, 0.3) is 0 Å². The lowest BCUT2D eigenvalue weighted by atomic mass is 9.68. The Morgan fingerprint density at radius 2 is 2.09 bits per heavy atom. The zero-order valence-electron chi connectivity index (χ0n) is 12.1. The van der Waals surface area contributed by atoms with Crippen LogP contribution in [-0.4, -0.2) is 32.8 Å². The summed E-state index contributed by atoms with van der Waals surface area (Å²) in [6, 6.07) is 5.42. The highest BCUT2D eigenvalue weighted by molar-refractivity contribution is 9.10. The van der Waals surface area contributed by atoms with Crippen LogP contribution in [0.5, 0.6) is 0 Å². The third-order valence-electron chi connectivity index (χ3n) is 4.39. The van der Waals surface area contributed by atoms with Crippen molar-refractivity contribution in [1.82, 2.24) is 10.0 Å². The van der Waals surface area contributed by atoms with E-state index >= 15 is 0 Å². The minimum Gasteiger partial charge on any atom is -0.309 e. The quantitative estimate of drug-likeness (QED) is 0.796. The number of hydrogen-bond acceptors (Lipinski definition) is 3. The molecule has 2 saturated heterocycles. The number of rotatable bonds is 4. The Hall–Kier alpha value is -0.210. The van der Waals surface area contributed by atoms with E-state index in [0.717, 1.165) is 12.8 Å². The summed E-state index contributed by atoms with van der Waals surface area (Å²) in [4.78, 5) is 0.